The highest BCUT2D eigenvalue weighted by Crippen LogP contribution is 2.55. The van der Waals surface area contributed by atoms with Gasteiger partial charge in [-0.15, -0.1) is 11.3 Å². The van der Waals surface area contributed by atoms with E-state index < -0.39 is 0 Å². The number of rotatable bonds is 4. The van der Waals surface area contributed by atoms with Crippen molar-refractivity contribution in [2.45, 2.75) is 50.5 Å². The van der Waals surface area contributed by atoms with Gasteiger partial charge in [-0.1, -0.05) is 23.7 Å². The number of benzene rings is 1. The summed E-state index contributed by atoms with van der Waals surface area (Å²) in [7, 11) is 0. The van der Waals surface area contributed by atoms with Gasteiger partial charge in [-0.2, -0.15) is 0 Å². The number of aromatic nitrogens is 1. The van der Waals surface area contributed by atoms with Crippen LogP contribution >= 0.6 is 22.9 Å². The Hall–Kier alpha value is -1.39. The molecule has 2 aromatic rings. The summed E-state index contributed by atoms with van der Waals surface area (Å²) in [4.78, 5) is 17.4. The number of thiazole rings is 1. The Labute approximate surface area is 163 Å². The van der Waals surface area contributed by atoms with Gasteiger partial charge in [0.25, 0.3) is 0 Å². The second-order valence-electron chi connectivity index (χ2n) is 8.58. The first-order valence-corrected chi connectivity index (χ1v) is 10.8. The molecule has 0 spiro atoms. The van der Waals surface area contributed by atoms with Gasteiger partial charge in [-0.3, -0.25) is 4.79 Å². The van der Waals surface area contributed by atoms with E-state index in [9.17, 15) is 4.79 Å². The first-order chi connectivity index (χ1) is 12.6. The maximum Gasteiger partial charge on any atom is 0.226 e. The summed E-state index contributed by atoms with van der Waals surface area (Å²) in [6.07, 6.45) is 8.12. The topological polar surface area (TPSA) is 42.0 Å². The van der Waals surface area contributed by atoms with Crippen molar-refractivity contribution in [2.24, 2.45) is 17.8 Å². The van der Waals surface area contributed by atoms with Crippen molar-refractivity contribution in [2.75, 3.05) is 0 Å². The van der Waals surface area contributed by atoms with Crippen LogP contribution in [0.15, 0.2) is 29.6 Å². The average Bonchev–Trinajstić information content (AvgIpc) is 3.01. The molecule has 4 aliphatic rings. The molecule has 5 heteroatoms. The quantitative estimate of drug-likeness (QED) is 0.795. The van der Waals surface area contributed by atoms with E-state index in [1.807, 2.05) is 29.6 Å². The maximum absolute atomic E-state index is 12.7. The van der Waals surface area contributed by atoms with Crippen LogP contribution in [-0.2, 0) is 11.2 Å². The summed E-state index contributed by atoms with van der Waals surface area (Å²) in [6, 6.07) is 7.71. The molecule has 1 N–H and O–H groups in total. The lowest BCUT2D eigenvalue weighted by atomic mass is 9.53. The van der Waals surface area contributed by atoms with E-state index in [0.717, 1.165) is 34.0 Å². The van der Waals surface area contributed by atoms with Crippen molar-refractivity contribution in [3.8, 4) is 10.6 Å². The van der Waals surface area contributed by atoms with Crippen molar-refractivity contribution >= 4 is 28.8 Å². The lowest BCUT2D eigenvalue weighted by Gasteiger charge is -2.56. The van der Waals surface area contributed by atoms with Gasteiger partial charge in [-0.05, 0) is 68.4 Å². The van der Waals surface area contributed by atoms with E-state index in [2.05, 4.69) is 10.3 Å². The summed E-state index contributed by atoms with van der Waals surface area (Å²) in [5.74, 6) is 2.66. The second-order valence-corrected chi connectivity index (χ2v) is 9.87. The normalized spacial score (nSPS) is 32.0. The number of carbonyl (C=O) groups is 1. The van der Waals surface area contributed by atoms with Gasteiger partial charge in [0.1, 0.15) is 5.01 Å². The molecule has 136 valence electrons. The van der Waals surface area contributed by atoms with Crippen LogP contribution in [0.2, 0.25) is 5.02 Å². The highest BCUT2D eigenvalue weighted by molar-refractivity contribution is 7.13. The maximum atomic E-state index is 12.7. The molecule has 26 heavy (non-hydrogen) atoms. The number of nitrogens with zero attached hydrogens (tertiary/aromatic N) is 1. The number of hydrogen-bond acceptors (Lipinski definition) is 3. The third-order valence-electron chi connectivity index (χ3n) is 6.41. The predicted molar refractivity (Wildman–Crippen MR) is 105 cm³/mol. The molecule has 1 heterocycles. The van der Waals surface area contributed by atoms with E-state index >= 15 is 0 Å². The SMILES string of the molecule is O=C(Cc1csc(-c2cccc(Cl)c2)n1)NC12CC3CC(CC(C3)C1)C2. The smallest absolute Gasteiger partial charge is 0.226 e. The molecule has 1 aromatic carbocycles. The zero-order chi connectivity index (χ0) is 17.7. The van der Waals surface area contributed by atoms with Gasteiger partial charge in [0.2, 0.25) is 5.91 Å². The molecule has 0 aliphatic heterocycles. The Kier molecular flexibility index (Phi) is 4.09. The van der Waals surface area contributed by atoms with E-state index in [1.54, 1.807) is 11.3 Å². The molecular formula is C21H23ClN2OS. The summed E-state index contributed by atoms with van der Waals surface area (Å²) < 4.78 is 0. The first-order valence-electron chi connectivity index (χ1n) is 9.58. The number of hydrogen-bond donors (Lipinski definition) is 1. The molecule has 0 atom stereocenters. The van der Waals surface area contributed by atoms with Crippen molar-refractivity contribution in [1.82, 2.24) is 10.3 Å². The van der Waals surface area contributed by atoms with E-state index in [1.165, 1.54) is 38.5 Å². The van der Waals surface area contributed by atoms with Crippen LogP contribution in [0.4, 0.5) is 0 Å². The van der Waals surface area contributed by atoms with Crippen LogP contribution in [0, 0.1) is 17.8 Å². The fourth-order valence-electron chi connectivity index (χ4n) is 5.91. The number of amides is 1. The van der Waals surface area contributed by atoms with Gasteiger partial charge >= 0.3 is 0 Å². The summed E-state index contributed by atoms with van der Waals surface area (Å²) >= 11 is 7.64. The van der Waals surface area contributed by atoms with Gasteiger partial charge < -0.3 is 5.32 Å². The van der Waals surface area contributed by atoms with E-state index in [0.29, 0.717) is 11.4 Å². The van der Waals surface area contributed by atoms with E-state index in [4.69, 9.17) is 11.6 Å². The summed E-state index contributed by atoms with van der Waals surface area (Å²) in [5, 5.41) is 7.06. The van der Waals surface area contributed by atoms with Gasteiger partial charge in [0.15, 0.2) is 0 Å². The fraction of sp³-hybridized carbons (Fsp3) is 0.524. The molecule has 4 saturated carbocycles. The Bertz CT molecular complexity index is 811. The van der Waals surface area contributed by atoms with Crippen LogP contribution < -0.4 is 5.32 Å². The highest BCUT2D eigenvalue weighted by Gasteiger charge is 2.51. The molecule has 0 unspecified atom stereocenters. The molecule has 4 aliphatic carbocycles. The molecule has 1 amide bonds. The molecule has 0 saturated heterocycles. The van der Waals surface area contributed by atoms with E-state index in [-0.39, 0.29) is 11.4 Å². The molecular weight excluding hydrogens is 364 g/mol. The van der Waals surface area contributed by atoms with Gasteiger partial charge in [0, 0.05) is 21.5 Å². The Balaban J connectivity index is 1.27. The van der Waals surface area contributed by atoms with Crippen LogP contribution in [0.3, 0.4) is 0 Å². The molecule has 1 aromatic heterocycles. The minimum atomic E-state index is 0.0810. The van der Waals surface area contributed by atoms with Crippen molar-refractivity contribution in [1.29, 1.82) is 0 Å². The highest BCUT2D eigenvalue weighted by atomic mass is 35.5. The minimum Gasteiger partial charge on any atom is -0.350 e. The predicted octanol–water partition coefficient (Wildman–Crippen LogP) is 5.09. The van der Waals surface area contributed by atoms with Crippen LogP contribution in [-0.4, -0.2) is 16.4 Å². The second kappa shape index (κ2) is 6.35. The standard InChI is InChI=1S/C21H23ClN2OS/c22-17-3-1-2-16(7-17)20-23-18(12-26-20)8-19(25)24-21-9-13-4-14(10-21)6-15(5-13)11-21/h1-3,7,12-15H,4-6,8-11H2,(H,24,25). The lowest BCUT2D eigenvalue weighted by molar-refractivity contribution is -0.126. The molecule has 4 bridgehead atoms. The zero-order valence-corrected chi connectivity index (χ0v) is 16.3. The first kappa shape index (κ1) is 16.8. The average molecular weight is 387 g/mol. The van der Waals surface area contributed by atoms with Crippen LogP contribution in [0.5, 0.6) is 0 Å². The molecule has 3 nitrogen and oxygen atoms in total. The van der Waals surface area contributed by atoms with Crippen molar-refractivity contribution in [3.63, 3.8) is 0 Å². The van der Waals surface area contributed by atoms with Crippen LogP contribution in [0.25, 0.3) is 10.6 Å². The monoisotopic (exact) mass is 386 g/mol. The van der Waals surface area contributed by atoms with Crippen LogP contribution in [0.1, 0.15) is 44.2 Å². The Morgan fingerprint density at radius 1 is 1.19 bits per heavy atom. The minimum absolute atomic E-state index is 0.0810. The Morgan fingerprint density at radius 3 is 2.54 bits per heavy atom. The third kappa shape index (κ3) is 3.18. The summed E-state index contributed by atoms with van der Waals surface area (Å²) in [6.45, 7) is 0. The third-order valence-corrected chi connectivity index (χ3v) is 7.58. The summed E-state index contributed by atoms with van der Waals surface area (Å²) in [5.41, 5.74) is 1.94. The fourth-order valence-corrected chi connectivity index (χ4v) is 6.92. The molecule has 6 rings (SSSR count). The lowest BCUT2D eigenvalue weighted by Crippen LogP contribution is -2.60. The largest absolute Gasteiger partial charge is 0.350 e. The molecule has 0 radical (unpaired) electrons. The number of carbonyl (C=O) groups excluding carboxylic acids is 1. The number of halogens is 1. The molecule has 4 fully saturated rings. The number of nitrogens with one attached hydrogen (secondary N) is 1. The van der Waals surface area contributed by atoms with Crippen molar-refractivity contribution < 1.29 is 4.79 Å². The zero-order valence-electron chi connectivity index (χ0n) is 14.7. The van der Waals surface area contributed by atoms with Gasteiger partial charge in [-0.25, -0.2) is 4.98 Å². The van der Waals surface area contributed by atoms with Crippen molar-refractivity contribution in [3.05, 3.63) is 40.4 Å². The Morgan fingerprint density at radius 2 is 1.88 bits per heavy atom. The van der Waals surface area contributed by atoms with Gasteiger partial charge in [0.05, 0.1) is 12.1 Å².